The molecule has 0 amide bonds. The van der Waals surface area contributed by atoms with E-state index in [1.165, 1.54) is 6.07 Å². The summed E-state index contributed by atoms with van der Waals surface area (Å²) in [6, 6.07) is 4.73. The minimum Gasteiger partial charge on any atom is -0.379 e. The first-order valence-electron chi connectivity index (χ1n) is 7.77. The number of Topliss-reactive ketones (excluding diaryl/α,β-unsaturated/α-hetero) is 1. The molecule has 4 heteroatoms. The second kappa shape index (κ2) is 5.85. The molecule has 1 aliphatic carbocycles. The van der Waals surface area contributed by atoms with Gasteiger partial charge < -0.3 is 4.74 Å². The van der Waals surface area contributed by atoms with Gasteiger partial charge in [-0.15, -0.1) is 0 Å². The Hall–Kier alpha value is -1.26. The summed E-state index contributed by atoms with van der Waals surface area (Å²) in [6.45, 7) is 4.72. The second-order valence-corrected chi connectivity index (χ2v) is 6.13. The Balaban J connectivity index is 1.92. The normalized spacial score (nSPS) is 22.4. The first-order chi connectivity index (χ1) is 10.1. The second-order valence-electron chi connectivity index (χ2n) is 6.13. The zero-order chi connectivity index (χ0) is 14.9. The number of benzene rings is 1. The van der Waals surface area contributed by atoms with Gasteiger partial charge in [0.05, 0.1) is 18.8 Å². The SMILES string of the molecule is Cc1cc(C(=O)C2(N3CCOCC3)CCCC2)ccc1F. The molecule has 1 aliphatic heterocycles. The molecule has 3 nitrogen and oxygen atoms in total. The molecule has 0 bridgehead atoms. The molecule has 1 aromatic rings. The molecule has 0 radical (unpaired) electrons. The average Bonchev–Trinajstić information content (AvgIpc) is 3.01. The fourth-order valence-corrected chi connectivity index (χ4v) is 3.69. The smallest absolute Gasteiger partial charge is 0.183 e. The van der Waals surface area contributed by atoms with Crippen molar-refractivity contribution < 1.29 is 13.9 Å². The predicted octanol–water partition coefficient (Wildman–Crippen LogP) is 2.96. The van der Waals surface area contributed by atoms with Crippen LogP contribution < -0.4 is 0 Å². The van der Waals surface area contributed by atoms with Gasteiger partial charge in [0.2, 0.25) is 0 Å². The summed E-state index contributed by atoms with van der Waals surface area (Å²) >= 11 is 0. The summed E-state index contributed by atoms with van der Waals surface area (Å²) in [5.41, 5.74) is 0.784. The molecule has 0 unspecified atom stereocenters. The topological polar surface area (TPSA) is 29.5 Å². The maximum atomic E-state index is 13.5. The highest BCUT2D eigenvalue weighted by Gasteiger charge is 2.46. The van der Waals surface area contributed by atoms with Crippen LogP contribution in [0.2, 0.25) is 0 Å². The minimum atomic E-state index is -0.395. The number of carbonyl (C=O) groups is 1. The first kappa shape index (κ1) is 14.7. The zero-order valence-corrected chi connectivity index (χ0v) is 12.5. The average molecular weight is 291 g/mol. The number of ether oxygens (including phenoxy) is 1. The van der Waals surface area contributed by atoms with Crippen molar-refractivity contribution >= 4 is 5.78 Å². The summed E-state index contributed by atoms with van der Waals surface area (Å²) in [6.07, 6.45) is 3.98. The summed E-state index contributed by atoms with van der Waals surface area (Å²) in [4.78, 5) is 15.4. The van der Waals surface area contributed by atoms with Gasteiger partial charge in [-0.3, -0.25) is 9.69 Å². The van der Waals surface area contributed by atoms with Crippen molar-refractivity contribution in [2.24, 2.45) is 0 Å². The van der Waals surface area contributed by atoms with Crippen LogP contribution in [-0.4, -0.2) is 42.5 Å². The Bertz CT molecular complexity index is 532. The first-order valence-corrected chi connectivity index (χ1v) is 7.77. The molecule has 1 heterocycles. The molecule has 3 rings (SSSR count). The van der Waals surface area contributed by atoms with E-state index in [1.807, 2.05) is 0 Å². The van der Waals surface area contributed by atoms with Crippen molar-refractivity contribution in [3.05, 3.63) is 35.1 Å². The zero-order valence-electron chi connectivity index (χ0n) is 12.5. The Kier molecular flexibility index (Phi) is 4.09. The van der Waals surface area contributed by atoms with Crippen molar-refractivity contribution in [1.29, 1.82) is 0 Å². The lowest BCUT2D eigenvalue weighted by molar-refractivity contribution is -0.0130. The van der Waals surface area contributed by atoms with Crippen LogP contribution in [0.5, 0.6) is 0 Å². The predicted molar refractivity (Wildman–Crippen MR) is 79.1 cm³/mol. The quantitative estimate of drug-likeness (QED) is 0.802. The monoisotopic (exact) mass is 291 g/mol. The molecule has 0 atom stereocenters. The molecule has 114 valence electrons. The van der Waals surface area contributed by atoms with E-state index in [0.29, 0.717) is 24.3 Å². The molecular formula is C17H22FNO2. The summed E-state index contributed by atoms with van der Waals surface area (Å²) in [5.74, 6) is -0.0941. The molecule has 2 fully saturated rings. The molecule has 1 saturated carbocycles. The number of rotatable bonds is 3. The molecule has 1 saturated heterocycles. The van der Waals surface area contributed by atoms with E-state index in [2.05, 4.69) is 4.90 Å². The van der Waals surface area contributed by atoms with Gasteiger partial charge in [0, 0.05) is 18.7 Å². The van der Waals surface area contributed by atoms with Crippen LogP contribution in [0.4, 0.5) is 4.39 Å². The van der Waals surface area contributed by atoms with Gasteiger partial charge in [0.15, 0.2) is 5.78 Å². The molecule has 1 aromatic carbocycles. The van der Waals surface area contributed by atoms with E-state index in [1.54, 1.807) is 19.1 Å². The number of morpholine rings is 1. The van der Waals surface area contributed by atoms with Crippen LogP contribution in [0.25, 0.3) is 0 Å². The lowest BCUT2D eigenvalue weighted by Crippen LogP contribution is -2.56. The van der Waals surface area contributed by atoms with Crippen molar-refractivity contribution in [3.63, 3.8) is 0 Å². The van der Waals surface area contributed by atoms with E-state index >= 15 is 0 Å². The number of carbonyl (C=O) groups excluding carboxylic acids is 1. The van der Waals surface area contributed by atoms with Crippen LogP contribution in [0.3, 0.4) is 0 Å². The van der Waals surface area contributed by atoms with Gasteiger partial charge in [0.25, 0.3) is 0 Å². The summed E-state index contributed by atoms with van der Waals surface area (Å²) < 4.78 is 18.9. The molecule has 0 aromatic heterocycles. The van der Waals surface area contributed by atoms with Gasteiger partial charge in [-0.2, -0.15) is 0 Å². The standard InChI is InChI=1S/C17H22FNO2/c1-13-12-14(4-5-15(13)18)16(20)17(6-2-3-7-17)19-8-10-21-11-9-19/h4-5,12H,2-3,6-11H2,1H3. The maximum absolute atomic E-state index is 13.5. The van der Waals surface area contributed by atoms with Gasteiger partial charge in [0.1, 0.15) is 5.82 Å². The number of halogens is 1. The van der Waals surface area contributed by atoms with Gasteiger partial charge >= 0.3 is 0 Å². The summed E-state index contributed by atoms with van der Waals surface area (Å²) in [7, 11) is 0. The lowest BCUT2D eigenvalue weighted by Gasteiger charge is -2.42. The highest BCUT2D eigenvalue weighted by molar-refractivity contribution is 6.03. The van der Waals surface area contributed by atoms with Crippen molar-refractivity contribution in [1.82, 2.24) is 4.90 Å². The van der Waals surface area contributed by atoms with E-state index in [9.17, 15) is 9.18 Å². The third kappa shape index (κ3) is 2.62. The van der Waals surface area contributed by atoms with Crippen molar-refractivity contribution in [3.8, 4) is 0 Å². The number of nitrogens with zero attached hydrogens (tertiary/aromatic N) is 1. The molecule has 2 aliphatic rings. The Morgan fingerprint density at radius 2 is 1.90 bits per heavy atom. The fourth-order valence-electron chi connectivity index (χ4n) is 3.69. The van der Waals surface area contributed by atoms with Crippen LogP contribution >= 0.6 is 0 Å². The van der Waals surface area contributed by atoms with E-state index < -0.39 is 5.54 Å². The number of hydrogen-bond acceptors (Lipinski definition) is 3. The van der Waals surface area contributed by atoms with E-state index in [-0.39, 0.29) is 11.6 Å². The third-order valence-corrected chi connectivity index (χ3v) is 4.89. The number of aryl methyl sites for hydroxylation is 1. The molecular weight excluding hydrogens is 269 g/mol. The largest absolute Gasteiger partial charge is 0.379 e. The van der Waals surface area contributed by atoms with Crippen molar-refractivity contribution in [2.45, 2.75) is 38.1 Å². The number of hydrogen-bond donors (Lipinski definition) is 0. The Morgan fingerprint density at radius 1 is 1.24 bits per heavy atom. The maximum Gasteiger partial charge on any atom is 0.183 e. The Labute approximate surface area is 125 Å². The van der Waals surface area contributed by atoms with Crippen LogP contribution in [0, 0.1) is 12.7 Å². The highest BCUT2D eigenvalue weighted by atomic mass is 19.1. The summed E-state index contributed by atoms with van der Waals surface area (Å²) in [5, 5.41) is 0. The van der Waals surface area contributed by atoms with E-state index in [0.717, 1.165) is 38.8 Å². The van der Waals surface area contributed by atoms with Crippen LogP contribution in [-0.2, 0) is 4.74 Å². The van der Waals surface area contributed by atoms with Gasteiger partial charge in [-0.05, 0) is 43.5 Å². The van der Waals surface area contributed by atoms with E-state index in [4.69, 9.17) is 4.74 Å². The highest BCUT2D eigenvalue weighted by Crippen LogP contribution is 2.38. The van der Waals surface area contributed by atoms with Gasteiger partial charge in [-0.25, -0.2) is 4.39 Å². The van der Waals surface area contributed by atoms with Gasteiger partial charge in [-0.1, -0.05) is 12.8 Å². The lowest BCUT2D eigenvalue weighted by atomic mass is 9.85. The number of ketones is 1. The molecule has 21 heavy (non-hydrogen) atoms. The van der Waals surface area contributed by atoms with Crippen molar-refractivity contribution in [2.75, 3.05) is 26.3 Å². The molecule has 0 N–H and O–H groups in total. The molecule has 0 spiro atoms. The van der Waals surface area contributed by atoms with Crippen LogP contribution in [0.15, 0.2) is 18.2 Å². The fraction of sp³-hybridized carbons (Fsp3) is 0.588. The third-order valence-electron chi connectivity index (χ3n) is 4.89. The minimum absolute atomic E-state index is 0.157. The Morgan fingerprint density at radius 3 is 2.52 bits per heavy atom. The van der Waals surface area contributed by atoms with Crippen LogP contribution in [0.1, 0.15) is 41.6 Å².